The molecule has 102 valence electrons. The lowest BCUT2D eigenvalue weighted by atomic mass is 9.87. The van der Waals surface area contributed by atoms with Gasteiger partial charge in [-0.25, -0.2) is 0 Å². The van der Waals surface area contributed by atoms with Gasteiger partial charge in [0.25, 0.3) is 0 Å². The summed E-state index contributed by atoms with van der Waals surface area (Å²) >= 11 is 0. The Balaban J connectivity index is 1.87. The van der Waals surface area contributed by atoms with Crippen molar-refractivity contribution in [3.63, 3.8) is 0 Å². The zero-order valence-corrected chi connectivity index (χ0v) is 11.0. The third-order valence-electron chi connectivity index (χ3n) is 3.42. The minimum absolute atomic E-state index is 0.140. The summed E-state index contributed by atoms with van der Waals surface area (Å²) in [6.07, 6.45) is 6.49. The fourth-order valence-corrected chi connectivity index (χ4v) is 2.12. The van der Waals surface area contributed by atoms with E-state index < -0.39 is 0 Å². The molecule has 1 saturated heterocycles. The van der Waals surface area contributed by atoms with Gasteiger partial charge in [0.1, 0.15) is 0 Å². The summed E-state index contributed by atoms with van der Waals surface area (Å²) in [6, 6.07) is 0.450. The standard InChI is InChI=1S/C13H23N3O2/c1-2-14-12(16-11-5-3-4-6-11)15-7-13(8-17)9-18-10-13/h3-4,11,17H,2,5-10H2,1H3,(H2,14,15,16). The number of nitrogens with zero attached hydrogens (tertiary/aromatic N) is 1. The number of guanidine groups is 1. The average molecular weight is 253 g/mol. The number of ether oxygens (including phenoxy) is 1. The smallest absolute Gasteiger partial charge is 0.191 e. The van der Waals surface area contributed by atoms with Crippen molar-refractivity contribution in [2.75, 3.05) is 32.9 Å². The highest BCUT2D eigenvalue weighted by molar-refractivity contribution is 5.80. The van der Waals surface area contributed by atoms with E-state index in [2.05, 4.69) is 34.7 Å². The maximum atomic E-state index is 9.36. The van der Waals surface area contributed by atoms with Gasteiger partial charge in [-0.1, -0.05) is 12.2 Å². The fraction of sp³-hybridized carbons (Fsp3) is 0.769. The Morgan fingerprint density at radius 1 is 1.44 bits per heavy atom. The first kappa shape index (κ1) is 13.4. The molecule has 0 aromatic carbocycles. The minimum Gasteiger partial charge on any atom is -0.396 e. The third kappa shape index (κ3) is 3.23. The monoisotopic (exact) mass is 253 g/mol. The second-order valence-corrected chi connectivity index (χ2v) is 5.13. The molecule has 18 heavy (non-hydrogen) atoms. The van der Waals surface area contributed by atoms with Gasteiger partial charge < -0.3 is 20.5 Å². The topological polar surface area (TPSA) is 65.9 Å². The molecule has 0 radical (unpaired) electrons. The third-order valence-corrected chi connectivity index (χ3v) is 3.42. The van der Waals surface area contributed by atoms with Crippen LogP contribution in [0.15, 0.2) is 17.1 Å². The van der Waals surface area contributed by atoms with E-state index in [0.717, 1.165) is 25.3 Å². The van der Waals surface area contributed by atoms with Crippen molar-refractivity contribution >= 4 is 5.96 Å². The van der Waals surface area contributed by atoms with Crippen molar-refractivity contribution in [2.24, 2.45) is 10.4 Å². The maximum Gasteiger partial charge on any atom is 0.191 e. The van der Waals surface area contributed by atoms with Crippen molar-refractivity contribution < 1.29 is 9.84 Å². The average Bonchev–Trinajstić information content (AvgIpc) is 2.81. The molecule has 1 aliphatic heterocycles. The first-order valence-corrected chi connectivity index (χ1v) is 6.66. The van der Waals surface area contributed by atoms with E-state index in [1.165, 1.54) is 0 Å². The maximum absolute atomic E-state index is 9.36. The van der Waals surface area contributed by atoms with Crippen LogP contribution in [0.25, 0.3) is 0 Å². The molecule has 5 nitrogen and oxygen atoms in total. The molecule has 3 N–H and O–H groups in total. The summed E-state index contributed by atoms with van der Waals surface area (Å²) in [4.78, 5) is 4.57. The second kappa shape index (κ2) is 6.20. The Morgan fingerprint density at radius 2 is 2.17 bits per heavy atom. The molecule has 2 aliphatic rings. The Labute approximate surface area is 108 Å². The lowest BCUT2D eigenvalue weighted by Crippen LogP contribution is -2.49. The van der Waals surface area contributed by atoms with Gasteiger partial charge in [0.05, 0.1) is 31.8 Å². The number of aliphatic hydroxyl groups is 1. The van der Waals surface area contributed by atoms with E-state index >= 15 is 0 Å². The quantitative estimate of drug-likeness (QED) is 0.374. The van der Waals surface area contributed by atoms with Gasteiger partial charge in [-0.05, 0) is 19.8 Å². The van der Waals surface area contributed by atoms with Crippen LogP contribution in [0.2, 0.25) is 0 Å². The normalized spacial score (nSPS) is 22.9. The first-order chi connectivity index (χ1) is 8.78. The van der Waals surface area contributed by atoms with Crippen LogP contribution in [-0.2, 0) is 4.74 Å². The molecule has 1 heterocycles. The van der Waals surface area contributed by atoms with Crippen LogP contribution in [0, 0.1) is 5.41 Å². The van der Waals surface area contributed by atoms with Gasteiger partial charge in [0.15, 0.2) is 5.96 Å². The first-order valence-electron chi connectivity index (χ1n) is 6.66. The Hall–Kier alpha value is -1.07. The van der Waals surface area contributed by atoms with E-state index in [1.54, 1.807) is 0 Å². The molecule has 1 fully saturated rings. The Bertz CT molecular complexity index is 311. The van der Waals surface area contributed by atoms with Crippen molar-refractivity contribution in [3.05, 3.63) is 12.2 Å². The van der Waals surface area contributed by atoms with Crippen LogP contribution in [-0.4, -0.2) is 50.0 Å². The highest BCUT2D eigenvalue weighted by atomic mass is 16.5. The van der Waals surface area contributed by atoms with Crippen LogP contribution in [0.4, 0.5) is 0 Å². The summed E-state index contributed by atoms with van der Waals surface area (Å²) in [5, 5.41) is 16.0. The predicted octanol–water partition coefficient (Wildman–Crippen LogP) is 0.269. The number of hydrogen-bond donors (Lipinski definition) is 3. The largest absolute Gasteiger partial charge is 0.396 e. The van der Waals surface area contributed by atoms with Crippen molar-refractivity contribution in [1.82, 2.24) is 10.6 Å². The van der Waals surface area contributed by atoms with Crippen molar-refractivity contribution in [1.29, 1.82) is 0 Å². The number of aliphatic imine (C=N–C) groups is 1. The highest BCUT2D eigenvalue weighted by Crippen LogP contribution is 2.26. The molecular formula is C13H23N3O2. The van der Waals surface area contributed by atoms with E-state index in [0.29, 0.717) is 25.8 Å². The SMILES string of the molecule is CCNC(=NCC1(CO)COC1)NC1CC=CC1. The van der Waals surface area contributed by atoms with Crippen molar-refractivity contribution in [3.8, 4) is 0 Å². The van der Waals surface area contributed by atoms with E-state index in [9.17, 15) is 5.11 Å². The van der Waals surface area contributed by atoms with E-state index in [-0.39, 0.29) is 12.0 Å². The molecule has 2 rings (SSSR count). The van der Waals surface area contributed by atoms with Crippen LogP contribution < -0.4 is 10.6 Å². The molecule has 0 saturated carbocycles. The molecule has 0 amide bonds. The number of hydrogen-bond acceptors (Lipinski definition) is 3. The Morgan fingerprint density at radius 3 is 2.67 bits per heavy atom. The summed E-state index contributed by atoms with van der Waals surface area (Å²) < 4.78 is 5.17. The molecule has 0 aromatic heterocycles. The molecule has 0 unspecified atom stereocenters. The molecular weight excluding hydrogens is 230 g/mol. The van der Waals surface area contributed by atoms with Gasteiger partial charge in [-0.15, -0.1) is 0 Å². The van der Waals surface area contributed by atoms with Crippen LogP contribution in [0.3, 0.4) is 0 Å². The summed E-state index contributed by atoms with van der Waals surface area (Å²) in [6.45, 7) is 4.86. The molecule has 0 atom stereocenters. The highest BCUT2D eigenvalue weighted by Gasteiger charge is 2.38. The van der Waals surface area contributed by atoms with Gasteiger partial charge >= 0.3 is 0 Å². The second-order valence-electron chi connectivity index (χ2n) is 5.13. The van der Waals surface area contributed by atoms with E-state index in [4.69, 9.17) is 4.74 Å². The molecule has 0 aromatic rings. The van der Waals surface area contributed by atoms with Crippen LogP contribution in [0.5, 0.6) is 0 Å². The number of rotatable bonds is 5. The van der Waals surface area contributed by atoms with Gasteiger partial charge in [-0.2, -0.15) is 0 Å². The number of aliphatic hydroxyl groups excluding tert-OH is 1. The fourth-order valence-electron chi connectivity index (χ4n) is 2.12. The zero-order chi connectivity index (χ0) is 12.8. The van der Waals surface area contributed by atoms with Gasteiger partial charge in [-0.3, -0.25) is 4.99 Å². The molecule has 0 bridgehead atoms. The predicted molar refractivity (Wildman–Crippen MR) is 71.6 cm³/mol. The zero-order valence-electron chi connectivity index (χ0n) is 11.0. The van der Waals surface area contributed by atoms with Crippen LogP contribution >= 0.6 is 0 Å². The van der Waals surface area contributed by atoms with Crippen LogP contribution in [0.1, 0.15) is 19.8 Å². The van der Waals surface area contributed by atoms with Crippen molar-refractivity contribution in [2.45, 2.75) is 25.8 Å². The van der Waals surface area contributed by atoms with E-state index in [1.807, 2.05) is 0 Å². The molecule has 0 spiro atoms. The van der Waals surface area contributed by atoms with Gasteiger partial charge in [0, 0.05) is 12.6 Å². The summed E-state index contributed by atoms with van der Waals surface area (Å²) in [5.41, 5.74) is -0.156. The Kier molecular flexibility index (Phi) is 4.60. The molecule has 1 aliphatic carbocycles. The van der Waals surface area contributed by atoms with Gasteiger partial charge in [0.2, 0.25) is 0 Å². The summed E-state index contributed by atoms with van der Waals surface area (Å²) in [7, 11) is 0. The lowest BCUT2D eigenvalue weighted by molar-refractivity contribution is -0.130. The minimum atomic E-state index is -0.156. The molecule has 5 heteroatoms. The summed E-state index contributed by atoms with van der Waals surface area (Å²) in [5.74, 6) is 0.839. The lowest BCUT2D eigenvalue weighted by Gasteiger charge is -2.38. The number of nitrogens with one attached hydrogen (secondary N) is 2.